The maximum Gasteiger partial charge on any atom is 0.339 e. The zero-order valence-corrected chi connectivity index (χ0v) is 17.6. The first kappa shape index (κ1) is 24.7. The van der Waals surface area contributed by atoms with E-state index in [9.17, 15) is 19.2 Å². The third-order valence-electron chi connectivity index (χ3n) is 3.25. The lowest BCUT2D eigenvalue weighted by Gasteiger charge is -2.43. The normalized spacial score (nSPS) is 27.5. The van der Waals surface area contributed by atoms with Gasteiger partial charge < -0.3 is 28.4 Å². The molecule has 5 unspecified atom stereocenters. The first-order chi connectivity index (χ1) is 12.9. The van der Waals surface area contributed by atoms with Gasteiger partial charge in [0.1, 0.15) is 0 Å². The van der Waals surface area contributed by atoms with Crippen molar-refractivity contribution in [2.24, 2.45) is 0 Å². The highest BCUT2D eigenvalue weighted by Gasteiger charge is 2.55. The van der Waals surface area contributed by atoms with E-state index in [1.54, 1.807) is 0 Å². The quantitative estimate of drug-likeness (QED) is 0.319. The van der Waals surface area contributed by atoms with E-state index >= 15 is 0 Å². The van der Waals surface area contributed by atoms with Gasteiger partial charge in [-0.2, -0.15) is 0 Å². The fourth-order valence-electron chi connectivity index (χ4n) is 2.39. The van der Waals surface area contributed by atoms with E-state index in [0.717, 1.165) is 27.9 Å². The molecule has 1 heterocycles. The average molecular weight is 466 g/mol. The minimum Gasteiger partial charge on any atom is -0.467 e. The maximum atomic E-state index is 12.1. The second kappa shape index (κ2) is 10.4. The first-order valence-electron chi connectivity index (χ1n) is 7.79. The molecule has 160 valence electrons. The molecule has 10 nitrogen and oxygen atoms in total. The zero-order chi connectivity index (χ0) is 21.6. The van der Waals surface area contributed by atoms with E-state index < -0.39 is 65.0 Å². The molecule has 1 aliphatic heterocycles. The Morgan fingerprint density at radius 2 is 1.32 bits per heavy atom. The van der Waals surface area contributed by atoms with Crippen LogP contribution in [0.5, 0.6) is 0 Å². The Bertz CT molecular complexity index is 605. The van der Waals surface area contributed by atoms with Crippen LogP contribution in [0.3, 0.4) is 0 Å². The van der Waals surface area contributed by atoms with Gasteiger partial charge in [0.2, 0.25) is 3.79 Å². The number of carbonyl (C=O) groups is 4. The molecule has 0 saturated carbocycles. The molecular formula is C15H19Cl3O10. The molecule has 0 spiro atoms. The smallest absolute Gasteiger partial charge is 0.339 e. The third kappa shape index (κ3) is 7.59. The second-order valence-corrected chi connectivity index (χ2v) is 8.11. The monoisotopic (exact) mass is 464 g/mol. The summed E-state index contributed by atoms with van der Waals surface area (Å²) in [6.45, 7) is 2.67. The molecule has 1 fully saturated rings. The van der Waals surface area contributed by atoms with E-state index in [1.165, 1.54) is 0 Å². The summed E-state index contributed by atoms with van der Waals surface area (Å²) < 4.78 is 28.9. The van der Waals surface area contributed by atoms with Crippen molar-refractivity contribution in [1.82, 2.24) is 0 Å². The predicted octanol–water partition coefficient (Wildman–Crippen LogP) is 1.07. The Kier molecular flexibility index (Phi) is 9.22. The summed E-state index contributed by atoms with van der Waals surface area (Å²) in [5, 5.41) is 0. The van der Waals surface area contributed by atoms with Crippen LogP contribution in [0, 0.1) is 0 Å². The molecule has 0 aromatic rings. The van der Waals surface area contributed by atoms with Crippen molar-refractivity contribution in [2.45, 2.75) is 55.3 Å². The van der Waals surface area contributed by atoms with Crippen molar-refractivity contribution in [3.8, 4) is 0 Å². The van der Waals surface area contributed by atoms with Gasteiger partial charge in [0.15, 0.2) is 30.7 Å². The van der Waals surface area contributed by atoms with Gasteiger partial charge in [-0.3, -0.25) is 14.4 Å². The lowest BCUT2D eigenvalue weighted by atomic mass is 9.97. The Hall–Kier alpha value is -1.33. The molecule has 0 N–H and O–H groups in total. The number of esters is 4. The van der Waals surface area contributed by atoms with Crippen LogP contribution in [0.2, 0.25) is 0 Å². The Morgan fingerprint density at radius 3 is 1.75 bits per heavy atom. The van der Waals surface area contributed by atoms with Crippen LogP contribution in [0.4, 0.5) is 0 Å². The second-order valence-electron chi connectivity index (χ2n) is 5.60. The number of methoxy groups -OCH3 is 1. The van der Waals surface area contributed by atoms with Gasteiger partial charge >= 0.3 is 23.9 Å². The van der Waals surface area contributed by atoms with Crippen LogP contribution in [0.25, 0.3) is 0 Å². The van der Waals surface area contributed by atoms with Crippen molar-refractivity contribution in [3.63, 3.8) is 0 Å². The van der Waals surface area contributed by atoms with Crippen LogP contribution in [-0.4, -0.2) is 72.1 Å². The molecule has 0 amide bonds. The molecule has 0 aromatic carbocycles. The SMILES string of the molecule is COC(=O)C1OC(OCC(Cl)(Cl)Cl)C(OC(C)=O)C(OC(C)=O)C1OC(C)=O. The standard InChI is InChI=1S/C15H19Cl3O10/c1-6(19)25-9-10(26-7(2)20)12(27-8(3)21)14(24-5-15(16,17)18)28-11(9)13(22)23-4/h9-12,14H,5H2,1-4H3. The fourth-order valence-corrected chi connectivity index (χ4v) is 2.58. The molecule has 1 saturated heterocycles. The number of rotatable bonds is 6. The van der Waals surface area contributed by atoms with Gasteiger partial charge in [0.25, 0.3) is 0 Å². The maximum absolute atomic E-state index is 12.1. The van der Waals surface area contributed by atoms with Crippen molar-refractivity contribution < 1.29 is 47.6 Å². The third-order valence-corrected chi connectivity index (χ3v) is 3.57. The number of halogens is 3. The van der Waals surface area contributed by atoms with Gasteiger partial charge in [-0.05, 0) is 0 Å². The van der Waals surface area contributed by atoms with Gasteiger partial charge in [0.05, 0.1) is 13.7 Å². The van der Waals surface area contributed by atoms with Crippen molar-refractivity contribution in [2.75, 3.05) is 13.7 Å². The van der Waals surface area contributed by atoms with Crippen molar-refractivity contribution in [3.05, 3.63) is 0 Å². The predicted molar refractivity (Wildman–Crippen MR) is 93.6 cm³/mol. The number of alkyl halides is 3. The van der Waals surface area contributed by atoms with Gasteiger partial charge in [-0.25, -0.2) is 4.79 Å². The molecule has 0 radical (unpaired) electrons. The minimum absolute atomic E-state index is 0.529. The van der Waals surface area contributed by atoms with Crippen LogP contribution in [-0.2, 0) is 47.6 Å². The summed E-state index contributed by atoms with van der Waals surface area (Å²) in [6, 6.07) is 0. The van der Waals surface area contributed by atoms with Crippen LogP contribution >= 0.6 is 34.8 Å². The average Bonchev–Trinajstić information content (AvgIpc) is 2.54. The fraction of sp³-hybridized carbons (Fsp3) is 0.733. The summed E-state index contributed by atoms with van der Waals surface area (Å²) >= 11 is 16.9. The molecule has 1 aliphatic rings. The zero-order valence-electron chi connectivity index (χ0n) is 15.3. The van der Waals surface area contributed by atoms with E-state index in [4.69, 9.17) is 58.5 Å². The van der Waals surface area contributed by atoms with E-state index in [2.05, 4.69) is 4.74 Å². The van der Waals surface area contributed by atoms with Crippen LogP contribution in [0.1, 0.15) is 20.8 Å². The van der Waals surface area contributed by atoms with Crippen LogP contribution < -0.4 is 0 Å². The van der Waals surface area contributed by atoms with Gasteiger partial charge in [-0.1, -0.05) is 34.8 Å². The largest absolute Gasteiger partial charge is 0.467 e. The molecule has 0 aromatic heterocycles. The number of hydrogen-bond acceptors (Lipinski definition) is 10. The van der Waals surface area contributed by atoms with E-state index in [1.807, 2.05) is 0 Å². The minimum atomic E-state index is -1.87. The number of ether oxygens (including phenoxy) is 6. The Morgan fingerprint density at radius 1 is 0.857 bits per heavy atom. The molecule has 0 aliphatic carbocycles. The topological polar surface area (TPSA) is 124 Å². The molecule has 5 atom stereocenters. The van der Waals surface area contributed by atoms with Gasteiger partial charge in [-0.15, -0.1) is 0 Å². The molecular weight excluding hydrogens is 447 g/mol. The van der Waals surface area contributed by atoms with E-state index in [-0.39, 0.29) is 0 Å². The Balaban J connectivity index is 3.34. The van der Waals surface area contributed by atoms with Crippen molar-refractivity contribution >= 4 is 58.7 Å². The van der Waals surface area contributed by atoms with Crippen molar-refractivity contribution in [1.29, 1.82) is 0 Å². The first-order valence-corrected chi connectivity index (χ1v) is 8.92. The Labute approximate surface area is 175 Å². The lowest BCUT2D eigenvalue weighted by Crippen LogP contribution is -2.64. The summed E-state index contributed by atoms with van der Waals surface area (Å²) in [5.74, 6) is -3.40. The lowest BCUT2D eigenvalue weighted by molar-refractivity contribution is -0.301. The highest BCUT2D eigenvalue weighted by molar-refractivity contribution is 6.67. The molecule has 0 bridgehead atoms. The highest BCUT2D eigenvalue weighted by Crippen LogP contribution is 2.33. The summed E-state index contributed by atoms with van der Waals surface area (Å²) in [5.41, 5.74) is 0. The van der Waals surface area contributed by atoms with Gasteiger partial charge in [0, 0.05) is 20.8 Å². The number of carbonyl (C=O) groups excluding carboxylic acids is 4. The van der Waals surface area contributed by atoms with Crippen LogP contribution in [0.15, 0.2) is 0 Å². The molecule has 28 heavy (non-hydrogen) atoms. The summed E-state index contributed by atoms with van der Waals surface area (Å²) in [4.78, 5) is 46.8. The highest BCUT2D eigenvalue weighted by atomic mass is 35.6. The molecule has 13 heteroatoms. The summed E-state index contributed by atoms with van der Waals surface area (Å²) in [6.07, 6.45) is -7.50. The molecule has 1 rings (SSSR count). The van der Waals surface area contributed by atoms with E-state index in [0.29, 0.717) is 0 Å². The number of hydrogen-bond donors (Lipinski definition) is 0. The summed E-state index contributed by atoms with van der Waals surface area (Å²) in [7, 11) is 1.06.